The van der Waals surface area contributed by atoms with E-state index < -0.39 is 0 Å². The third-order valence-corrected chi connectivity index (χ3v) is 5.18. The van der Waals surface area contributed by atoms with Crippen LogP contribution in [0.5, 0.6) is 0 Å². The zero-order chi connectivity index (χ0) is 20.4. The van der Waals surface area contributed by atoms with Gasteiger partial charge in [-0.2, -0.15) is 4.98 Å². The average Bonchev–Trinajstić information content (AvgIpc) is 3.38. The van der Waals surface area contributed by atoms with Crippen LogP contribution in [0.3, 0.4) is 0 Å². The van der Waals surface area contributed by atoms with E-state index in [-0.39, 0.29) is 24.1 Å². The lowest BCUT2D eigenvalue weighted by atomic mass is 10.0. The first-order valence-corrected chi connectivity index (χ1v) is 9.82. The Hall–Kier alpha value is -3.35. The molecule has 1 saturated heterocycles. The number of rotatable bonds is 6. The standard InChI is InChI=1S/C22H25N5O2/c1-15(2)19-14-29-22(28)27(19)20-9-10-23-21(25-20)24-16(3)17-7-6-8-18(13-17)26-11-4-5-12-26/h4-13,15-16,19H,14H2,1-3H3,(H,23,24,25)/t16-,19?/m0/s1. The number of nitrogens with zero attached hydrogens (tertiary/aromatic N) is 4. The molecule has 1 unspecified atom stereocenters. The first-order chi connectivity index (χ1) is 14.0. The maximum Gasteiger partial charge on any atom is 0.415 e. The Morgan fingerprint density at radius 1 is 1.14 bits per heavy atom. The lowest BCUT2D eigenvalue weighted by molar-refractivity contribution is 0.177. The van der Waals surface area contributed by atoms with Gasteiger partial charge in [-0.1, -0.05) is 26.0 Å². The molecule has 7 heteroatoms. The molecule has 1 aliphatic rings. The van der Waals surface area contributed by atoms with Gasteiger partial charge in [-0.3, -0.25) is 4.90 Å². The largest absolute Gasteiger partial charge is 0.447 e. The molecule has 0 spiro atoms. The fourth-order valence-corrected chi connectivity index (χ4v) is 3.48. The number of amides is 1. The molecule has 3 heterocycles. The van der Waals surface area contributed by atoms with Crippen molar-refractivity contribution in [2.45, 2.75) is 32.9 Å². The number of anilines is 2. The van der Waals surface area contributed by atoms with Gasteiger partial charge in [0.15, 0.2) is 0 Å². The highest BCUT2D eigenvalue weighted by molar-refractivity contribution is 5.89. The SMILES string of the molecule is CC(C)C1COC(=O)N1c1ccnc(N[C@@H](C)c2cccc(-n3cccc3)c2)n1. The quantitative estimate of drug-likeness (QED) is 0.673. The van der Waals surface area contributed by atoms with Crippen molar-refractivity contribution in [2.24, 2.45) is 5.92 Å². The number of carbonyl (C=O) groups is 1. The molecule has 1 aliphatic heterocycles. The zero-order valence-corrected chi connectivity index (χ0v) is 16.8. The smallest absolute Gasteiger partial charge is 0.415 e. The van der Waals surface area contributed by atoms with Gasteiger partial charge in [0, 0.05) is 24.3 Å². The van der Waals surface area contributed by atoms with E-state index in [0.29, 0.717) is 18.4 Å². The molecule has 2 atom stereocenters. The lowest BCUT2D eigenvalue weighted by Gasteiger charge is -2.24. The van der Waals surface area contributed by atoms with E-state index >= 15 is 0 Å². The first-order valence-electron chi connectivity index (χ1n) is 9.82. The van der Waals surface area contributed by atoms with E-state index in [1.807, 2.05) is 30.6 Å². The Labute approximate surface area is 170 Å². The van der Waals surface area contributed by atoms with E-state index in [1.165, 1.54) is 0 Å². The molecule has 1 amide bonds. The Balaban J connectivity index is 1.54. The molecule has 1 fully saturated rings. The van der Waals surface area contributed by atoms with Crippen molar-refractivity contribution in [1.82, 2.24) is 14.5 Å². The van der Waals surface area contributed by atoms with E-state index in [1.54, 1.807) is 17.2 Å². The van der Waals surface area contributed by atoms with E-state index in [0.717, 1.165) is 11.3 Å². The lowest BCUT2D eigenvalue weighted by Crippen LogP contribution is -2.37. The van der Waals surface area contributed by atoms with Gasteiger partial charge >= 0.3 is 6.09 Å². The van der Waals surface area contributed by atoms with E-state index in [9.17, 15) is 4.79 Å². The molecule has 0 radical (unpaired) electrons. The van der Waals surface area contributed by atoms with Crippen LogP contribution in [0.4, 0.5) is 16.6 Å². The van der Waals surface area contributed by atoms with Crippen LogP contribution < -0.4 is 10.2 Å². The van der Waals surface area contributed by atoms with Crippen LogP contribution in [0.15, 0.2) is 61.1 Å². The van der Waals surface area contributed by atoms with Crippen molar-refractivity contribution in [1.29, 1.82) is 0 Å². The highest BCUT2D eigenvalue weighted by Crippen LogP contribution is 2.27. The first kappa shape index (κ1) is 19.0. The van der Waals surface area contributed by atoms with Gasteiger partial charge in [-0.15, -0.1) is 0 Å². The molecule has 2 aromatic heterocycles. The number of cyclic esters (lactones) is 1. The Morgan fingerprint density at radius 2 is 1.93 bits per heavy atom. The molecule has 0 bridgehead atoms. The van der Waals surface area contributed by atoms with E-state index in [2.05, 4.69) is 58.8 Å². The third-order valence-electron chi connectivity index (χ3n) is 5.18. The summed E-state index contributed by atoms with van der Waals surface area (Å²) in [5.41, 5.74) is 2.21. The number of hydrogen-bond acceptors (Lipinski definition) is 5. The van der Waals surface area contributed by atoms with E-state index in [4.69, 9.17) is 4.74 Å². The monoisotopic (exact) mass is 391 g/mol. The molecule has 29 heavy (non-hydrogen) atoms. The van der Waals surface area contributed by atoms with Crippen LogP contribution in [0.1, 0.15) is 32.4 Å². The topological polar surface area (TPSA) is 72.3 Å². The molecule has 7 nitrogen and oxygen atoms in total. The number of ether oxygens (including phenoxy) is 1. The number of carbonyl (C=O) groups excluding carboxylic acids is 1. The van der Waals surface area contributed by atoms with Crippen molar-refractivity contribution in [3.63, 3.8) is 0 Å². The highest BCUT2D eigenvalue weighted by Gasteiger charge is 2.37. The summed E-state index contributed by atoms with van der Waals surface area (Å²) in [6.07, 6.45) is 5.34. The Bertz CT molecular complexity index is 986. The molecule has 4 rings (SSSR count). The zero-order valence-electron chi connectivity index (χ0n) is 16.8. The van der Waals surface area contributed by atoms with Gasteiger partial charge in [-0.05, 0) is 48.7 Å². The third kappa shape index (κ3) is 3.94. The normalized spacial score (nSPS) is 17.4. The summed E-state index contributed by atoms with van der Waals surface area (Å²) < 4.78 is 7.30. The average molecular weight is 391 g/mol. The summed E-state index contributed by atoms with van der Waals surface area (Å²) in [7, 11) is 0. The molecule has 150 valence electrons. The van der Waals surface area contributed by atoms with Crippen LogP contribution in [-0.2, 0) is 4.74 Å². The van der Waals surface area contributed by atoms with Gasteiger partial charge in [0.05, 0.1) is 12.1 Å². The van der Waals surface area contributed by atoms with Gasteiger partial charge in [0.25, 0.3) is 0 Å². The number of hydrogen-bond donors (Lipinski definition) is 1. The van der Waals surface area contributed by atoms with Crippen LogP contribution >= 0.6 is 0 Å². The van der Waals surface area contributed by atoms with Crippen molar-refractivity contribution in [2.75, 3.05) is 16.8 Å². The summed E-state index contributed by atoms with van der Waals surface area (Å²) in [5, 5.41) is 3.34. The summed E-state index contributed by atoms with van der Waals surface area (Å²) >= 11 is 0. The van der Waals surface area contributed by atoms with Crippen molar-refractivity contribution < 1.29 is 9.53 Å². The number of nitrogens with one attached hydrogen (secondary N) is 1. The molecule has 1 aromatic carbocycles. The molecule has 3 aromatic rings. The second kappa shape index (κ2) is 7.95. The van der Waals surface area contributed by atoms with Gasteiger partial charge in [0.2, 0.25) is 5.95 Å². The predicted molar refractivity (Wildman–Crippen MR) is 112 cm³/mol. The molecule has 0 saturated carbocycles. The maximum atomic E-state index is 12.2. The fourth-order valence-electron chi connectivity index (χ4n) is 3.48. The van der Waals surface area contributed by atoms with Crippen LogP contribution in [0.25, 0.3) is 5.69 Å². The van der Waals surface area contributed by atoms with Gasteiger partial charge in [-0.25, -0.2) is 9.78 Å². The minimum Gasteiger partial charge on any atom is -0.447 e. The van der Waals surface area contributed by atoms with Gasteiger partial charge in [0.1, 0.15) is 12.4 Å². The Morgan fingerprint density at radius 3 is 2.69 bits per heavy atom. The number of benzene rings is 1. The second-order valence-electron chi connectivity index (χ2n) is 7.55. The highest BCUT2D eigenvalue weighted by atomic mass is 16.6. The summed E-state index contributed by atoms with van der Waals surface area (Å²) in [5.74, 6) is 1.30. The molecule has 1 N–H and O–H groups in total. The predicted octanol–water partition coefficient (Wildman–Crippen LogP) is 4.42. The number of aromatic nitrogens is 3. The minimum absolute atomic E-state index is 0.00723. The molecular weight excluding hydrogens is 366 g/mol. The fraction of sp³-hybridized carbons (Fsp3) is 0.318. The summed E-state index contributed by atoms with van der Waals surface area (Å²) in [4.78, 5) is 22.7. The van der Waals surface area contributed by atoms with Crippen LogP contribution in [-0.4, -0.2) is 33.3 Å². The Kier molecular flexibility index (Phi) is 5.20. The minimum atomic E-state index is -0.360. The van der Waals surface area contributed by atoms with Crippen LogP contribution in [0.2, 0.25) is 0 Å². The molecule has 0 aliphatic carbocycles. The van der Waals surface area contributed by atoms with Gasteiger partial charge < -0.3 is 14.6 Å². The van der Waals surface area contributed by atoms with Crippen molar-refractivity contribution >= 4 is 17.9 Å². The molecular formula is C22H25N5O2. The summed E-state index contributed by atoms with van der Waals surface area (Å²) in [6, 6.07) is 14.0. The summed E-state index contributed by atoms with van der Waals surface area (Å²) in [6.45, 7) is 6.58. The maximum absolute atomic E-state index is 12.2. The van der Waals surface area contributed by atoms with Crippen molar-refractivity contribution in [3.8, 4) is 5.69 Å². The second-order valence-corrected chi connectivity index (χ2v) is 7.55. The van der Waals surface area contributed by atoms with Crippen LogP contribution in [0, 0.1) is 5.92 Å². The van der Waals surface area contributed by atoms with Crippen molar-refractivity contribution in [3.05, 3.63) is 66.6 Å².